The molecule has 0 aromatic carbocycles. The van der Waals surface area contributed by atoms with E-state index in [4.69, 9.17) is 0 Å². The van der Waals surface area contributed by atoms with Crippen molar-refractivity contribution in [2.75, 3.05) is 13.1 Å². The molecule has 18 heavy (non-hydrogen) atoms. The Morgan fingerprint density at radius 2 is 2.11 bits per heavy atom. The van der Waals surface area contributed by atoms with Crippen LogP contribution in [0, 0.1) is 0 Å². The van der Waals surface area contributed by atoms with Gasteiger partial charge in [0.05, 0.1) is 0 Å². The molecule has 0 saturated carbocycles. The zero-order valence-corrected chi connectivity index (χ0v) is 11.2. The third-order valence-corrected chi connectivity index (χ3v) is 3.49. The number of amides is 1. The van der Waals surface area contributed by atoms with Gasteiger partial charge in [0.1, 0.15) is 0 Å². The second kappa shape index (κ2) is 6.53. The molecule has 1 fully saturated rings. The molecular weight excluding hydrogens is 224 g/mol. The van der Waals surface area contributed by atoms with Crippen LogP contribution in [0.15, 0.2) is 18.3 Å². The molecule has 0 bridgehead atoms. The number of piperidine rings is 1. The van der Waals surface area contributed by atoms with Gasteiger partial charge in [-0.1, -0.05) is 13.3 Å². The van der Waals surface area contributed by atoms with Crippen LogP contribution in [0.4, 0.5) is 0 Å². The highest BCUT2D eigenvalue weighted by molar-refractivity contribution is 5.94. The van der Waals surface area contributed by atoms with Crippen molar-refractivity contribution in [3.05, 3.63) is 29.6 Å². The number of carbonyl (C=O) groups is 1. The maximum absolute atomic E-state index is 12.3. The first-order chi connectivity index (χ1) is 8.81. The maximum atomic E-state index is 12.3. The molecule has 1 aliphatic heterocycles. The third-order valence-electron chi connectivity index (χ3n) is 3.49. The summed E-state index contributed by atoms with van der Waals surface area (Å²) in [5.74, 6) is 0.176. The lowest BCUT2D eigenvalue weighted by Crippen LogP contribution is -2.35. The first kappa shape index (κ1) is 13.1. The topological polar surface area (TPSA) is 33.2 Å². The van der Waals surface area contributed by atoms with Gasteiger partial charge in [-0.05, 0) is 44.2 Å². The van der Waals surface area contributed by atoms with Gasteiger partial charge in [-0.25, -0.2) is 0 Å². The minimum absolute atomic E-state index is 0.176. The van der Waals surface area contributed by atoms with Crippen LogP contribution in [0.2, 0.25) is 0 Å². The molecule has 0 unspecified atom stereocenters. The van der Waals surface area contributed by atoms with Crippen LogP contribution >= 0.6 is 0 Å². The van der Waals surface area contributed by atoms with Crippen molar-refractivity contribution < 1.29 is 4.79 Å². The van der Waals surface area contributed by atoms with Crippen LogP contribution in [-0.4, -0.2) is 28.9 Å². The third kappa shape index (κ3) is 3.31. The largest absolute Gasteiger partial charge is 0.339 e. The minimum Gasteiger partial charge on any atom is -0.339 e. The predicted molar refractivity (Wildman–Crippen MR) is 72.6 cm³/mol. The summed E-state index contributed by atoms with van der Waals surface area (Å²) in [6.07, 6.45) is 8.56. The second-order valence-electron chi connectivity index (χ2n) is 4.99. The van der Waals surface area contributed by atoms with Crippen LogP contribution in [-0.2, 0) is 6.42 Å². The first-order valence-electron chi connectivity index (χ1n) is 7.05. The summed E-state index contributed by atoms with van der Waals surface area (Å²) < 4.78 is 0. The van der Waals surface area contributed by atoms with E-state index in [1.54, 1.807) is 6.20 Å². The molecular formula is C15H22N2O. The second-order valence-corrected chi connectivity index (χ2v) is 4.99. The van der Waals surface area contributed by atoms with Gasteiger partial charge in [-0.2, -0.15) is 0 Å². The zero-order chi connectivity index (χ0) is 12.8. The number of aromatic nitrogens is 1. The van der Waals surface area contributed by atoms with Crippen molar-refractivity contribution in [2.45, 2.75) is 45.4 Å². The van der Waals surface area contributed by atoms with Crippen LogP contribution in [0.3, 0.4) is 0 Å². The molecule has 3 heteroatoms. The molecule has 1 saturated heterocycles. The summed E-state index contributed by atoms with van der Waals surface area (Å²) in [5.41, 5.74) is 1.85. The summed E-state index contributed by atoms with van der Waals surface area (Å²) in [6, 6.07) is 3.80. The molecule has 0 spiro atoms. The fourth-order valence-electron chi connectivity index (χ4n) is 2.39. The molecule has 3 nitrogen and oxygen atoms in total. The molecule has 0 radical (unpaired) electrons. The van der Waals surface area contributed by atoms with Gasteiger partial charge >= 0.3 is 0 Å². The zero-order valence-electron chi connectivity index (χ0n) is 11.2. The minimum atomic E-state index is 0.176. The van der Waals surface area contributed by atoms with Crippen LogP contribution in [0.25, 0.3) is 0 Å². The summed E-state index contributed by atoms with van der Waals surface area (Å²) in [6.45, 7) is 3.99. The molecule has 1 aromatic rings. The van der Waals surface area contributed by atoms with Gasteiger partial charge < -0.3 is 4.90 Å². The van der Waals surface area contributed by atoms with Crippen molar-refractivity contribution in [3.8, 4) is 0 Å². The van der Waals surface area contributed by atoms with Gasteiger partial charge in [0, 0.05) is 30.5 Å². The van der Waals surface area contributed by atoms with E-state index in [9.17, 15) is 4.79 Å². The van der Waals surface area contributed by atoms with Crippen molar-refractivity contribution in [1.82, 2.24) is 9.88 Å². The lowest BCUT2D eigenvalue weighted by atomic mass is 10.1. The monoisotopic (exact) mass is 246 g/mol. The number of hydrogen-bond donors (Lipinski definition) is 0. The van der Waals surface area contributed by atoms with E-state index in [0.29, 0.717) is 0 Å². The number of aryl methyl sites for hydroxylation is 1. The SMILES string of the molecule is CCCCc1cc(C(=O)N2CCCCC2)ccn1. The Labute approximate surface area is 109 Å². The van der Waals surface area contributed by atoms with Crippen molar-refractivity contribution in [2.24, 2.45) is 0 Å². The number of unbranched alkanes of at least 4 members (excludes halogenated alkanes) is 1. The predicted octanol–water partition coefficient (Wildman–Crippen LogP) is 3.05. The van der Waals surface area contributed by atoms with Gasteiger partial charge in [-0.3, -0.25) is 9.78 Å². The van der Waals surface area contributed by atoms with Gasteiger partial charge in [0.15, 0.2) is 0 Å². The number of carbonyl (C=O) groups excluding carboxylic acids is 1. The van der Waals surface area contributed by atoms with Crippen LogP contribution < -0.4 is 0 Å². The Bertz CT molecular complexity index is 397. The highest BCUT2D eigenvalue weighted by atomic mass is 16.2. The summed E-state index contributed by atoms with van der Waals surface area (Å²) >= 11 is 0. The van der Waals surface area contributed by atoms with E-state index < -0.39 is 0 Å². The van der Waals surface area contributed by atoms with E-state index in [1.165, 1.54) is 6.42 Å². The molecule has 98 valence electrons. The molecule has 1 aliphatic rings. The number of hydrogen-bond acceptors (Lipinski definition) is 2. The molecule has 0 N–H and O–H groups in total. The van der Waals surface area contributed by atoms with E-state index in [1.807, 2.05) is 17.0 Å². The number of nitrogens with zero attached hydrogens (tertiary/aromatic N) is 2. The van der Waals surface area contributed by atoms with Gasteiger partial charge in [0.25, 0.3) is 5.91 Å². The van der Waals surface area contributed by atoms with E-state index in [-0.39, 0.29) is 5.91 Å². The summed E-state index contributed by atoms with van der Waals surface area (Å²) in [5, 5.41) is 0. The van der Waals surface area contributed by atoms with Crippen LogP contribution in [0.1, 0.15) is 55.1 Å². The average molecular weight is 246 g/mol. The smallest absolute Gasteiger partial charge is 0.253 e. The first-order valence-corrected chi connectivity index (χ1v) is 7.05. The van der Waals surface area contributed by atoms with Crippen molar-refractivity contribution in [3.63, 3.8) is 0 Å². The number of likely N-dealkylation sites (tertiary alicyclic amines) is 1. The molecule has 2 heterocycles. The Morgan fingerprint density at radius 1 is 1.33 bits per heavy atom. The standard InChI is InChI=1S/C15H22N2O/c1-2-3-7-14-12-13(8-9-16-14)15(18)17-10-5-4-6-11-17/h8-9,12H,2-7,10-11H2,1H3. The molecule has 0 aliphatic carbocycles. The normalized spacial score (nSPS) is 15.7. The Morgan fingerprint density at radius 3 is 2.83 bits per heavy atom. The van der Waals surface area contributed by atoms with Gasteiger partial charge in [-0.15, -0.1) is 0 Å². The Hall–Kier alpha value is -1.38. The molecule has 1 amide bonds. The van der Waals surface area contributed by atoms with Crippen molar-refractivity contribution in [1.29, 1.82) is 0 Å². The van der Waals surface area contributed by atoms with E-state index >= 15 is 0 Å². The molecule has 0 atom stereocenters. The van der Waals surface area contributed by atoms with E-state index in [0.717, 1.165) is 56.5 Å². The molecule has 2 rings (SSSR count). The summed E-state index contributed by atoms with van der Waals surface area (Å²) in [7, 11) is 0. The lowest BCUT2D eigenvalue weighted by Gasteiger charge is -2.26. The number of rotatable bonds is 4. The van der Waals surface area contributed by atoms with Crippen molar-refractivity contribution >= 4 is 5.91 Å². The lowest BCUT2D eigenvalue weighted by molar-refractivity contribution is 0.0724. The average Bonchev–Trinajstić information content (AvgIpc) is 2.45. The van der Waals surface area contributed by atoms with Gasteiger partial charge in [0.2, 0.25) is 0 Å². The van der Waals surface area contributed by atoms with E-state index in [2.05, 4.69) is 11.9 Å². The fourth-order valence-corrected chi connectivity index (χ4v) is 2.39. The van der Waals surface area contributed by atoms with Crippen LogP contribution in [0.5, 0.6) is 0 Å². The Balaban J connectivity index is 2.04. The fraction of sp³-hybridized carbons (Fsp3) is 0.600. The highest BCUT2D eigenvalue weighted by Gasteiger charge is 2.18. The molecule has 1 aromatic heterocycles. The maximum Gasteiger partial charge on any atom is 0.253 e. The number of pyridine rings is 1. The summed E-state index contributed by atoms with van der Waals surface area (Å²) in [4.78, 5) is 18.6. The quantitative estimate of drug-likeness (QED) is 0.818. The highest BCUT2D eigenvalue weighted by Crippen LogP contribution is 2.14. The Kier molecular flexibility index (Phi) is 4.73.